The molecule has 0 heterocycles. The van der Waals surface area contributed by atoms with Crippen molar-refractivity contribution in [3.63, 3.8) is 0 Å². The fourth-order valence-corrected chi connectivity index (χ4v) is 3.38. The molecular weight excluding hydrogens is 355 g/mol. The third kappa shape index (κ3) is 4.25. The predicted molar refractivity (Wildman–Crippen MR) is 98.0 cm³/mol. The quantitative estimate of drug-likeness (QED) is 0.716. The Kier molecular flexibility index (Phi) is 4.99. The van der Waals surface area contributed by atoms with E-state index in [0.29, 0.717) is 5.69 Å². The van der Waals surface area contributed by atoms with Crippen LogP contribution in [-0.4, -0.2) is 14.3 Å². The summed E-state index contributed by atoms with van der Waals surface area (Å²) >= 11 is 0. The predicted octanol–water partition coefficient (Wildman–Crippen LogP) is 3.88. The molecule has 0 unspecified atom stereocenters. The monoisotopic (exact) mass is 370 g/mol. The number of rotatable bonds is 5. The van der Waals surface area contributed by atoms with Crippen LogP contribution in [-0.2, 0) is 10.0 Å². The first-order valence-electron chi connectivity index (χ1n) is 7.69. The van der Waals surface area contributed by atoms with Crippen LogP contribution >= 0.6 is 0 Å². The highest BCUT2D eigenvalue weighted by molar-refractivity contribution is 7.92. The largest absolute Gasteiger partial charge is 0.322 e. The van der Waals surface area contributed by atoms with Crippen molar-refractivity contribution in [2.75, 3.05) is 10.0 Å². The Morgan fingerprint density at radius 3 is 2.23 bits per heavy atom. The SMILES string of the molecule is O=C(Nc1cccc(F)c1)c1cccc(NS(=O)(=O)c2ccccc2)c1. The number of sulfonamides is 1. The molecule has 3 aromatic rings. The average molecular weight is 370 g/mol. The van der Waals surface area contributed by atoms with Crippen molar-refractivity contribution in [2.24, 2.45) is 0 Å². The van der Waals surface area contributed by atoms with Gasteiger partial charge in [0.2, 0.25) is 0 Å². The molecule has 3 rings (SSSR count). The molecule has 0 bridgehead atoms. The zero-order valence-electron chi connectivity index (χ0n) is 13.5. The van der Waals surface area contributed by atoms with Gasteiger partial charge >= 0.3 is 0 Å². The number of amides is 1. The van der Waals surface area contributed by atoms with Gasteiger partial charge in [-0.1, -0.05) is 30.3 Å². The van der Waals surface area contributed by atoms with Crippen molar-refractivity contribution in [3.8, 4) is 0 Å². The van der Waals surface area contributed by atoms with Crippen LogP contribution in [0.15, 0.2) is 83.8 Å². The van der Waals surface area contributed by atoms with Crippen LogP contribution in [0.4, 0.5) is 15.8 Å². The molecule has 0 aliphatic heterocycles. The van der Waals surface area contributed by atoms with Crippen molar-refractivity contribution < 1.29 is 17.6 Å². The summed E-state index contributed by atoms with van der Waals surface area (Å²) in [6, 6.07) is 19.5. The van der Waals surface area contributed by atoms with Crippen molar-refractivity contribution in [1.29, 1.82) is 0 Å². The summed E-state index contributed by atoms with van der Waals surface area (Å²) in [4.78, 5) is 12.4. The summed E-state index contributed by atoms with van der Waals surface area (Å²) in [6.45, 7) is 0. The fraction of sp³-hybridized carbons (Fsp3) is 0. The van der Waals surface area contributed by atoms with Gasteiger partial charge in [-0.05, 0) is 48.5 Å². The maximum absolute atomic E-state index is 13.2. The smallest absolute Gasteiger partial charge is 0.261 e. The van der Waals surface area contributed by atoms with Gasteiger partial charge in [0.25, 0.3) is 15.9 Å². The number of anilines is 2. The number of carbonyl (C=O) groups is 1. The molecule has 0 fully saturated rings. The van der Waals surface area contributed by atoms with Gasteiger partial charge in [0.1, 0.15) is 5.82 Å². The molecule has 1 amide bonds. The maximum Gasteiger partial charge on any atom is 0.261 e. The van der Waals surface area contributed by atoms with Crippen LogP contribution in [0, 0.1) is 5.82 Å². The summed E-state index contributed by atoms with van der Waals surface area (Å²) in [5.41, 5.74) is 0.800. The number of nitrogens with one attached hydrogen (secondary N) is 2. The zero-order chi connectivity index (χ0) is 18.6. The highest BCUT2D eigenvalue weighted by Crippen LogP contribution is 2.18. The van der Waals surface area contributed by atoms with Crippen LogP contribution in [0.25, 0.3) is 0 Å². The summed E-state index contributed by atoms with van der Waals surface area (Å²) in [6.07, 6.45) is 0. The van der Waals surface area contributed by atoms with E-state index in [1.165, 1.54) is 42.5 Å². The van der Waals surface area contributed by atoms with E-state index in [1.54, 1.807) is 36.4 Å². The number of hydrogen-bond donors (Lipinski definition) is 2. The van der Waals surface area contributed by atoms with Crippen LogP contribution in [0.3, 0.4) is 0 Å². The first-order chi connectivity index (χ1) is 12.4. The van der Waals surface area contributed by atoms with E-state index in [-0.39, 0.29) is 16.1 Å². The molecule has 2 N–H and O–H groups in total. The number of hydrogen-bond acceptors (Lipinski definition) is 3. The van der Waals surface area contributed by atoms with E-state index in [9.17, 15) is 17.6 Å². The lowest BCUT2D eigenvalue weighted by Gasteiger charge is -2.10. The molecule has 0 saturated carbocycles. The summed E-state index contributed by atoms with van der Waals surface area (Å²) in [7, 11) is -3.75. The van der Waals surface area contributed by atoms with Crippen molar-refractivity contribution in [3.05, 3.63) is 90.2 Å². The molecular formula is C19H15FN2O3S. The Labute approximate surface area is 150 Å². The third-order valence-electron chi connectivity index (χ3n) is 3.51. The Balaban J connectivity index is 1.79. The second-order valence-electron chi connectivity index (χ2n) is 5.46. The second-order valence-corrected chi connectivity index (χ2v) is 7.15. The minimum Gasteiger partial charge on any atom is -0.322 e. The second kappa shape index (κ2) is 7.37. The molecule has 0 aromatic heterocycles. The minimum atomic E-state index is -3.75. The molecule has 26 heavy (non-hydrogen) atoms. The van der Waals surface area contributed by atoms with Gasteiger partial charge in [0.05, 0.1) is 4.90 Å². The van der Waals surface area contributed by atoms with E-state index < -0.39 is 21.7 Å². The van der Waals surface area contributed by atoms with E-state index in [0.717, 1.165) is 0 Å². The molecule has 0 aliphatic carbocycles. The van der Waals surface area contributed by atoms with Gasteiger partial charge in [0.15, 0.2) is 0 Å². The van der Waals surface area contributed by atoms with Crippen LogP contribution < -0.4 is 10.0 Å². The molecule has 5 nitrogen and oxygen atoms in total. The minimum absolute atomic E-state index is 0.120. The molecule has 0 radical (unpaired) electrons. The molecule has 0 atom stereocenters. The first kappa shape index (κ1) is 17.6. The molecule has 7 heteroatoms. The summed E-state index contributed by atoms with van der Waals surface area (Å²) < 4.78 is 40.4. The fourth-order valence-electron chi connectivity index (χ4n) is 2.31. The Morgan fingerprint density at radius 2 is 1.50 bits per heavy atom. The normalized spacial score (nSPS) is 11.0. The maximum atomic E-state index is 13.2. The molecule has 0 aliphatic rings. The van der Waals surface area contributed by atoms with Gasteiger partial charge in [-0.15, -0.1) is 0 Å². The van der Waals surface area contributed by atoms with Gasteiger partial charge in [-0.2, -0.15) is 0 Å². The van der Waals surface area contributed by atoms with E-state index >= 15 is 0 Å². The number of halogens is 1. The molecule has 0 saturated heterocycles. The zero-order valence-corrected chi connectivity index (χ0v) is 14.3. The van der Waals surface area contributed by atoms with Crippen molar-refractivity contribution in [2.45, 2.75) is 4.90 Å². The lowest BCUT2D eigenvalue weighted by atomic mass is 10.2. The Hall–Kier alpha value is -3.19. The van der Waals surface area contributed by atoms with Gasteiger partial charge in [-0.3, -0.25) is 9.52 Å². The average Bonchev–Trinajstić information content (AvgIpc) is 2.62. The van der Waals surface area contributed by atoms with Crippen LogP contribution in [0.5, 0.6) is 0 Å². The van der Waals surface area contributed by atoms with Crippen molar-refractivity contribution in [1.82, 2.24) is 0 Å². The van der Waals surface area contributed by atoms with E-state index in [4.69, 9.17) is 0 Å². The van der Waals surface area contributed by atoms with Gasteiger partial charge in [-0.25, -0.2) is 12.8 Å². The summed E-state index contributed by atoms with van der Waals surface area (Å²) in [5.74, 6) is -0.941. The lowest BCUT2D eigenvalue weighted by molar-refractivity contribution is 0.102. The highest BCUT2D eigenvalue weighted by atomic mass is 32.2. The lowest BCUT2D eigenvalue weighted by Crippen LogP contribution is -2.15. The Bertz CT molecular complexity index is 1040. The number of benzene rings is 3. The van der Waals surface area contributed by atoms with Crippen LogP contribution in [0.1, 0.15) is 10.4 Å². The Morgan fingerprint density at radius 1 is 0.808 bits per heavy atom. The van der Waals surface area contributed by atoms with Gasteiger partial charge < -0.3 is 5.32 Å². The number of carbonyl (C=O) groups excluding carboxylic acids is 1. The van der Waals surface area contributed by atoms with E-state index in [1.807, 2.05) is 0 Å². The third-order valence-corrected chi connectivity index (χ3v) is 4.91. The molecule has 0 spiro atoms. The topological polar surface area (TPSA) is 75.3 Å². The van der Waals surface area contributed by atoms with E-state index in [2.05, 4.69) is 10.0 Å². The van der Waals surface area contributed by atoms with Crippen LogP contribution in [0.2, 0.25) is 0 Å². The highest BCUT2D eigenvalue weighted by Gasteiger charge is 2.14. The first-order valence-corrected chi connectivity index (χ1v) is 9.17. The standard InChI is InChI=1S/C19H15FN2O3S/c20-15-7-5-8-16(13-15)21-19(23)14-6-4-9-17(12-14)22-26(24,25)18-10-2-1-3-11-18/h1-13,22H,(H,21,23). The van der Waals surface area contributed by atoms with Gasteiger partial charge in [0, 0.05) is 16.9 Å². The van der Waals surface area contributed by atoms with Crippen molar-refractivity contribution >= 4 is 27.3 Å². The summed E-state index contributed by atoms with van der Waals surface area (Å²) in [5, 5.41) is 2.56. The molecule has 3 aromatic carbocycles. The molecule has 132 valence electrons.